The molecule has 2 fully saturated rings. The summed E-state index contributed by atoms with van der Waals surface area (Å²) in [4.78, 5) is 27.7. The van der Waals surface area contributed by atoms with Gasteiger partial charge in [0.05, 0.1) is 17.6 Å². The molecule has 1 N–H and O–H groups in total. The normalized spacial score (nSPS) is 21.7. The van der Waals surface area contributed by atoms with Crippen molar-refractivity contribution in [3.05, 3.63) is 34.7 Å². The molecule has 2 aliphatic heterocycles. The summed E-state index contributed by atoms with van der Waals surface area (Å²) in [6, 6.07) is 8.38. The van der Waals surface area contributed by atoms with Crippen LogP contribution in [0.3, 0.4) is 0 Å². The lowest BCUT2D eigenvalue weighted by atomic mass is 10.0. The second-order valence-corrected chi connectivity index (χ2v) is 7.50. The number of imidazole rings is 1. The Morgan fingerprint density at radius 1 is 1.15 bits per heavy atom. The third-order valence-corrected chi connectivity index (χ3v) is 5.86. The van der Waals surface area contributed by atoms with Crippen molar-refractivity contribution in [2.75, 3.05) is 26.3 Å². The molecule has 7 nitrogen and oxygen atoms in total. The zero-order valence-electron chi connectivity index (χ0n) is 15.9. The fourth-order valence-electron chi connectivity index (χ4n) is 4.37. The molecule has 4 rings (SSSR count). The number of aromatic nitrogens is 2. The molecule has 7 heteroatoms. The maximum absolute atomic E-state index is 12.7. The van der Waals surface area contributed by atoms with Gasteiger partial charge in [-0.15, -0.1) is 0 Å². The number of nitrogens with one attached hydrogen (secondary N) is 1. The Morgan fingerprint density at radius 3 is 2.48 bits per heavy atom. The van der Waals surface area contributed by atoms with Gasteiger partial charge in [-0.3, -0.25) is 18.8 Å². The molecular weight excluding hydrogens is 344 g/mol. The molecule has 27 heavy (non-hydrogen) atoms. The maximum atomic E-state index is 12.7. The highest BCUT2D eigenvalue weighted by molar-refractivity contribution is 5.81. The molecule has 2 saturated heterocycles. The number of likely N-dealkylation sites (tertiary alicyclic amines) is 1. The summed E-state index contributed by atoms with van der Waals surface area (Å²) in [6.07, 6.45) is 3.02. The van der Waals surface area contributed by atoms with E-state index in [9.17, 15) is 9.59 Å². The van der Waals surface area contributed by atoms with Crippen molar-refractivity contribution in [2.24, 2.45) is 0 Å². The number of hydrogen-bond donors (Lipinski definition) is 1. The Hall–Kier alpha value is -2.12. The quantitative estimate of drug-likeness (QED) is 0.856. The van der Waals surface area contributed by atoms with E-state index in [0.29, 0.717) is 12.6 Å². The number of ether oxygens (including phenoxy) is 1. The predicted octanol–water partition coefficient (Wildman–Crippen LogP) is 1.19. The molecule has 1 amide bonds. The van der Waals surface area contributed by atoms with Crippen molar-refractivity contribution < 1.29 is 9.53 Å². The summed E-state index contributed by atoms with van der Waals surface area (Å²) < 4.78 is 8.78. The topological polar surface area (TPSA) is 68.5 Å². The number of piperidine rings is 1. The maximum Gasteiger partial charge on any atom is 0.329 e. The Kier molecular flexibility index (Phi) is 5.31. The molecule has 0 radical (unpaired) electrons. The monoisotopic (exact) mass is 372 g/mol. The average Bonchev–Trinajstić information content (AvgIpc) is 3.30. The highest BCUT2D eigenvalue weighted by Gasteiger charge is 2.28. The minimum atomic E-state index is -0.120. The Labute approximate surface area is 158 Å². The zero-order chi connectivity index (χ0) is 18.8. The summed E-state index contributed by atoms with van der Waals surface area (Å²) in [7, 11) is 0. The summed E-state index contributed by atoms with van der Waals surface area (Å²) in [6.45, 7) is 6.30. The first-order chi connectivity index (χ1) is 13.2. The SMILES string of the molecule is CCn1c(=O)n(CC(=O)NC2CCN(C3CCOC3)CC2)c2ccccc21. The van der Waals surface area contributed by atoms with Gasteiger partial charge < -0.3 is 10.1 Å². The van der Waals surface area contributed by atoms with Crippen LogP contribution in [-0.2, 0) is 22.6 Å². The second kappa shape index (κ2) is 7.86. The van der Waals surface area contributed by atoms with Crippen LogP contribution >= 0.6 is 0 Å². The van der Waals surface area contributed by atoms with Crippen LogP contribution in [0.2, 0.25) is 0 Å². The number of fused-ring (bicyclic) bond motifs is 1. The van der Waals surface area contributed by atoms with Crippen molar-refractivity contribution in [1.82, 2.24) is 19.4 Å². The molecule has 1 atom stereocenters. The zero-order valence-corrected chi connectivity index (χ0v) is 15.9. The molecule has 146 valence electrons. The number of benzene rings is 1. The Bertz CT molecular complexity index is 858. The van der Waals surface area contributed by atoms with E-state index in [1.54, 1.807) is 9.13 Å². The van der Waals surface area contributed by atoms with Crippen molar-refractivity contribution >= 4 is 16.9 Å². The summed E-state index contributed by atoms with van der Waals surface area (Å²) in [5, 5.41) is 3.13. The van der Waals surface area contributed by atoms with Crippen molar-refractivity contribution in [3.8, 4) is 0 Å². The number of nitrogens with zero attached hydrogens (tertiary/aromatic N) is 3. The molecule has 0 spiro atoms. The molecule has 1 unspecified atom stereocenters. The lowest BCUT2D eigenvalue weighted by molar-refractivity contribution is -0.122. The van der Waals surface area contributed by atoms with Crippen LogP contribution in [0.5, 0.6) is 0 Å². The fraction of sp³-hybridized carbons (Fsp3) is 0.600. The molecule has 2 aliphatic rings. The number of para-hydroxylation sites is 2. The van der Waals surface area contributed by atoms with Crippen LogP contribution in [-0.4, -0.2) is 58.3 Å². The fourth-order valence-corrected chi connectivity index (χ4v) is 4.37. The van der Waals surface area contributed by atoms with Crippen molar-refractivity contribution in [3.63, 3.8) is 0 Å². The van der Waals surface area contributed by atoms with Crippen molar-refractivity contribution in [2.45, 2.75) is 51.4 Å². The van der Waals surface area contributed by atoms with Crippen molar-refractivity contribution in [1.29, 1.82) is 0 Å². The molecule has 0 bridgehead atoms. The van der Waals surface area contributed by atoms with Gasteiger partial charge in [-0.25, -0.2) is 4.79 Å². The Balaban J connectivity index is 1.38. The first kappa shape index (κ1) is 18.3. The van der Waals surface area contributed by atoms with E-state index in [1.165, 1.54) is 0 Å². The second-order valence-electron chi connectivity index (χ2n) is 7.50. The van der Waals surface area contributed by atoms with E-state index in [2.05, 4.69) is 10.2 Å². The van der Waals surface area contributed by atoms with Crippen LogP contribution in [0, 0.1) is 0 Å². The van der Waals surface area contributed by atoms with Crippen LogP contribution in [0.25, 0.3) is 11.0 Å². The summed E-state index contributed by atoms with van der Waals surface area (Å²) >= 11 is 0. The largest absolute Gasteiger partial charge is 0.380 e. The van der Waals surface area contributed by atoms with E-state index < -0.39 is 0 Å². The highest BCUT2D eigenvalue weighted by Crippen LogP contribution is 2.19. The summed E-state index contributed by atoms with van der Waals surface area (Å²) in [5.74, 6) is -0.0845. The number of rotatable bonds is 5. The van der Waals surface area contributed by atoms with Gasteiger partial charge in [-0.1, -0.05) is 12.1 Å². The van der Waals surface area contributed by atoms with Gasteiger partial charge in [0, 0.05) is 38.3 Å². The number of amides is 1. The average molecular weight is 372 g/mol. The minimum Gasteiger partial charge on any atom is -0.380 e. The summed E-state index contributed by atoms with van der Waals surface area (Å²) in [5.41, 5.74) is 1.57. The Morgan fingerprint density at radius 2 is 1.85 bits per heavy atom. The lowest BCUT2D eigenvalue weighted by Gasteiger charge is -2.35. The van der Waals surface area contributed by atoms with E-state index in [1.807, 2.05) is 31.2 Å². The number of carbonyl (C=O) groups is 1. The smallest absolute Gasteiger partial charge is 0.329 e. The standard InChI is InChI=1S/C20H28N4O3/c1-2-23-17-5-3-4-6-18(17)24(20(23)26)13-19(25)21-15-7-10-22(11-8-15)16-9-12-27-14-16/h3-6,15-16H,2,7-14H2,1H3,(H,21,25). The van der Waals surface area contributed by atoms with E-state index in [4.69, 9.17) is 4.74 Å². The van der Waals surface area contributed by atoms with E-state index in [-0.39, 0.29) is 24.2 Å². The molecule has 1 aromatic carbocycles. The molecule has 2 aromatic rings. The van der Waals surface area contributed by atoms with Gasteiger partial charge in [0.15, 0.2) is 0 Å². The molecular formula is C20H28N4O3. The third kappa shape index (κ3) is 3.66. The van der Waals surface area contributed by atoms with Crippen LogP contribution < -0.4 is 11.0 Å². The van der Waals surface area contributed by atoms with Gasteiger partial charge in [0.1, 0.15) is 6.54 Å². The van der Waals surface area contributed by atoms with Crippen LogP contribution in [0.1, 0.15) is 26.2 Å². The van der Waals surface area contributed by atoms with Gasteiger partial charge in [-0.05, 0) is 38.3 Å². The van der Waals surface area contributed by atoms with Gasteiger partial charge in [0.25, 0.3) is 0 Å². The van der Waals surface area contributed by atoms with Gasteiger partial charge >= 0.3 is 5.69 Å². The number of hydrogen-bond acceptors (Lipinski definition) is 4. The first-order valence-corrected chi connectivity index (χ1v) is 9.96. The number of aryl methyl sites for hydroxylation is 1. The molecule has 3 heterocycles. The predicted molar refractivity (Wildman–Crippen MR) is 104 cm³/mol. The van der Waals surface area contributed by atoms with Crippen LogP contribution in [0.4, 0.5) is 0 Å². The molecule has 0 aliphatic carbocycles. The number of carbonyl (C=O) groups excluding carboxylic acids is 1. The molecule has 0 saturated carbocycles. The third-order valence-electron chi connectivity index (χ3n) is 5.86. The first-order valence-electron chi connectivity index (χ1n) is 9.96. The van der Waals surface area contributed by atoms with Gasteiger partial charge in [0.2, 0.25) is 5.91 Å². The van der Waals surface area contributed by atoms with E-state index in [0.717, 1.165) is 56.6 Å². The minimum absolute atomic E-state index is 0.0724. The van der Waals surface area contributed by atoms with Gasteiger partial charge in [-0.2, -0.15) is 0 Å². The van der Waals surface area contributed by atoms with Crippen LogP contribution in [0.15, 0.2) is 29.1 Å². The highest BCUT2D eigenvalue weighted by atomic mass is 16.5. The lowest BCUT2D eigenvalue weighted by Crippen LogP contribution is -2.49. The van der Waals surface area contributed by atoms with E-state index >= 15 is 0 Å². The molecule has 1 aromatic heterocycles.